The molecule has 1 atom stereocenters. The van der Waals surface area contributed by atoms with Gasteiger partial charge in [-0.15, -0.1) is 0 Å². The van der Waals surface area contributed by atoms with Crippen LogP contribution < -0.4 is 10.1 Å². The second kappa shape index (κ2) is 6.55. The Hall–Kier alpha value is -1.13. The molecule has 1 saturated heterocycles. The zero-order chi connectivity index (χ0) is 15.6. The van der Waals surface area contributed by atoms with E-state index in [1.54, 1.807) is 7.11 Å². The number of hydrogen-bond donors (Lipinski definition) is 1. The molecule has 2 aliphatic heterocycles. The summed E-state index contributed by atoms with van der Waals surface area (Å²) in [6.45, 7) is 6.94. The van der Waals surface area contributed by atoms with E-state index in [0.717, 1.165) is 23.7 Å². The van der Waals surface area contributed by atoms with E-state index in [0.29, 0.717) is 0 Å². The minimum absolute atomic E-state index is 0.161. The minimum Gasteiger partial charge on any atom is -0.497 e. The number of benzene rings is 1. The molecule has 0 spiro atoms. The lowest BCUT2D eigenvalue weighted by atomic mass is 9.71. The maximum absolute atomic E-state index is 5.52. The molecule has 4 heteroatoms. The number of methoxy groups -OCH3 is 1. The fourth-order valence-electron chi connectivity index (χ4n) is 3.82. The van der Waals surface area contributed by atoms with Gasteiger partial charge in [-0.1, -0.05) is 19.1 Å². The summed E-state index contributed by atoms with van der Waals surface area (Å²) in [7, 11) is 1.74. The van der Waals surface area contributed by atoms with Crippen molar-refractivity contribution in [1.29, 1.82) is 0 Å². The lowest BCUT2D eigenvalue weighted by molar-refractivity contribution is 0.268. The molecule has 2 aliphatic rings. The second-order valence-electron chi connectivity index (χ2n) is 6.53. The minimum atomic E-state index is 0.161. The van der Waals surface area contributed by atoms with E-state index >= 15 is 0 Å². The van der Waals surface area contributed by atoms with E-state index in [-0.39, 0.29) is 5.41 Å². The van der Waals surface area contributed by atoms with E-state index in [1.165, 1.54) is 50.0 Å². The van der Waals surface area contributed by atoms with E-state index < -0.39 is 0 Å². The predicted octanol–water partition coefficient (Wildman–Crippen LogP) is 3.11. The average Bonchev–Trinajstić information content (AvgIpc) is 3.08. The van der Waals surface area contributed by atoms with Crippen LogP contribution in [-0.2, 0) is 5.41 Å². The summed E-state index contributed by atoms with van der Waals surface area (Å²) in [6.07, 6.45) is 5.01. The molecule has 1 aromatic rings. The number of likely N-dealkylation sites (tertiary alicyclic amines) is 1. The van der Waals surface area contributed by atoms with Gasteiger partial charge in [0.15, 0.2) is 0 Å². The Morgan fingerprint density at radius 3 is 2.77 bits per heavy atom. The van der Waals surface area contributed by atoms with Crippen molar-refractivity contribution in [2.45, 2.75) is 38.0 Å². The molecule has 3 nitrogen and oxygen atoms in total. The van der Waals surface area contributed by atoms with Crippen LogP contribution in [-0.4, -0.2) is 43.2 Å². The van der Waals surface area contributed by atoms with Crippen molar-refractivity contribution in [2.24, 2.45) is 0 Å². The van der Waals surface area contributed by atoms with Gasteiger partial charge >= 0.3 is 0 Å². The van der Waals surface area contributed by atoms with Gasteiger partial charge in [0, 0.05) is 17.5 Å². The summed E-state index contributed by atoms with van der Waals surface area (Å²) < 4.78 is 5.46. The summed E-state index contributed by atoms with van der Waals surface area (Å²) in [5.74, 6) is 0.933. The Balaban J connectivity index is 1.90. The molecule has 3 rings (SSSR count). The van der Waals surface area contributed by atoms with Crippen LogP contribution in [0.1, 0.15) is 43.7 Å². The number of hydrogen-bond acceptors (Lipinski definition) is 3. The van der Waals surface area contributed by atoms with Gasteiger partial charge < -0.3 is 15.0 Å². The van der Waals surface area contributed by atoms with Crippen LogP contribution in [0.2, 0.25) is 0 Å². The van der Waals surface area contributed by atoms with Gasteiger partial charge in [-0.05, 0) is 69.1 Å². The van der Waals surface area contributed by atoms with Crippen LogP contribution >= 0.6 is 12.2 Å². The van der Waals surface area contributed by atoms with E-state index in [1.807, 2.05) is 6.07 Å². The van der Waals surface area contributed by atoms with Crippen LogP contribution in [0.5, 0.6) is 5.75 Å². The van der Waals surface area contributed by atoms with Crippen LogP contribution in [0.25, 0.3) is 0 Å². The monoisotopic (exact) mass is 318 g/mol. The molecule has 1 N–H and O–H groups in total. The quantitative estimate of drug-likeness (QED) is 0.843. The topological polar surface area (TPSA) is 24.5 Å². The zero-order valence-corrected chi connectivity index (χ0v) is 14.5. The highest BCUT2D eigenvalue weighted by Gasteiger charge is 2.37. The van der Waals surface area contributed by atoms with Gasteiger partial charge in [0.25, 0.3) is 0 Å². The number of fused-ring (bicyclic) bond motifs is 1. The molecule has 1 unspecified atom stereocenters. The highest BCUT2D eigenvalue weighted by Crippen LogP contribution is 2.38. The molecule has 0 bridgehead atoms. The lowest BCUT2D eigenvalue weighted by Crippen LogP contribution is -2.47. The van der Waals surface area contributed by atoms with Crippen molar-refractivity contribution in [1.82, 2.24) is 10.2 Å². The third-order valence-electron chi connectivity index (χ3n) is 5.41. The summed E-state index contributed by atoms with van der Waals surface area (Å²) in [5.41, 5.74) is 2.72. The maximum atomic E-state index is 5.52. The van der Waals surface area contributed by atoms with Crippen molar-refractivity contribution in [3.05, 3.63) is 29.3 Å². The molecular formula is C18H26N2OS. The SMILES string of the molecule is CCC1(CCN2CCCC2)CNC(=S)c2ccc(OC)cc21. The highest BCUT2D eigenvalue weighted by molar-refractivity contribution is 7.80. The van der Waals surface area contributed by atoms with Gasteiger partial charge in [-0.2, -0.15) is 0 Å². The molecule has 2 heterocycles. The number of rotatable bonds is 5. The summed E-state index contributed by atoms with van der Waals surface area (Å²) in [4.78, 5) is 3.48. The normalized spacial score (nSPS) is 24.9. The third-order valence-corrected chi connectivity index (χ3v) is 5.78. The molecule has 0 aliphatic carbocycles. The van der Waals surface area contributed by atoms with Gasteiger partial charge in [-0.3, -0.25) is 0 Å². The molecule has 0 radical (unpaired) electrons. The Labute approximate surface area is 139 Å². The fraction of sp³-hybridized carbons (Fsp3) is 0.611. The fourth-order valence-corrected chi connectivity index (χ4v) is 4.07. The number of thiocarbonyl (C=S) groups is 1. The zero-order valence-electron chi connectivity index (χ0n) is 13.7. The van der Waals surface area contributed by atoms with E-state index in [9.17, 15) is 0 Å². The predicted molar refractivity (Wildman–Crippen MR) is 95.0 cm³/mol. The van der Waals surface area contributed by atoms with Crippen LogP contribution in [0.15, 0.2) is 18.2 Å². The van der Waals surface area contributed by atoms with Crippen molar-refractivity contribution in [2.75, 3.05) is 33.3 Å². The number of nitrogens with one attached hydrogen (secondary N) is 1. The molecular weight excluding hydrogens is 292 g/mol. The lowest BCUT2D eigenvalue weighted by Gasteiger charge is -2.40. The first-order valence-electron chi connectivity index (χ1n) is 8.37. The summed E-state index contributed by atoms with van der Waals surface area (Å²) in [5, 5.41) is 3.47. The van der Waals surface area contributed by atoms with E-state index in [2.05, 4.69) is 29.3 Å². The summed E-state index contributed by atoms with van der Waals surface area (Å²) in [6, 6.07) is 6.33. The maximum Gasteiger partial charge on any atom is 0.119 e. The molecule has 0 amide bonds. The molecule has 0 aromatic heterocycles. The molecule has 1 aromatic carbocycles. The Kier molecular flexibility index (Phi) is 4.69. The van der Waals surface area contributed by atoms with Crippen molar-refractivity contribution < 1.29 is 4.74 Å². The smallest absolute Gasteiger partial charge is 0.119 e. The largest absolute Gasteiger partial charge is 0.497 e. The average molecular weight is 318 g/mol. The van der Waals surface area contributed by atoms with Crippen molar-refractivity contribution in [3.8, 4) is 5.75 Å². The second-order valence-corrected chi connectivity index (χ2v) is 6.94. The molecule has 120 valence electrons. The van der Waals surface area contributed by atoms with Crippen molar-refractivity contribution >= 4 is 17.2 Å². The first-order valence-corrected chi connectivity index (χ1v) is 8.78. The summed E-state index contributed by atoms with van der Waals surface area (Å²) >= 11 is 5.52. The third kappa shape index (κ3) is 2.86. The van der Waals surface area contributed by atoms with Crippen LogP contribution in [0.3, 0.4) is 0 Å². The molecule has 1 fully saturated rings. The van der Waals surface area contributed by atoms with Crippen LogP contribution in [0.4, 0.5) is 0 Å². The molecule has 22 heavy (non-hydrogen) atoms. The Morgan fingerprint density at radius 1 is 1.32 bits per heavy atom. The Morgan fingerprint density at radius 2 is 2.09 bits per heavy atom. The highest BCUT2D eigenvalue weighted by atomic mass is 32.1. The Bertz CT molecular complexity index is 554. The van der Waals surface area contributed by atoms with Crippen molar-refractivity contribution in [3.63, 3.8) is 0 Å². The van der Waals surface area contributed by atoms with Gasteiger partial charge in [0.1, 0.15) is 10.7 Å². The van der Waals surface area contributed by atoms with Crippen LogP contribution in [0, 0.1) is 0 Å². The van der Waals surface area contributed by atoms with Gasteiger partial charge in [-0.25, -0.2) is 0 Å². The molecule has 0 saturated carbocycles. The first kappa shape index (κ1) is 15.8. The van der Waals surface area contributed by atoms with Gasteiger partial charge in [0.05, 0.1) is 7.11 Å². The number of nitrogens with zero attached hydrogens (tertiary/aromatic N) is 1. The first-order chi connectivity index (χ1) is 10.7. The number of ether oxygens (including phenoxy) is 1. The van der Waals surface area contributed by atoms with Gasteiger partial charge in [0.2, 0.25) is 0 Å². The standard InChI is InChI=1S/C18H26N2OS/c1-3-18(8-11-20-9-4-5-10-20)13-19-17(22)15-7-6-14(21-2)12-16(15)18/h6-7,12H,3-5,8-11,13H2,1-2H3,(H,19,22). The van der Waals surface area contributed by atoms with E-state index in [4.69, 9.17) is 17.0 Å².